The Morgan fingerprint density at radius 3 is 2.05 bits per heavy atom. The smallest absolute Gasteiger partial charge is 0.433 e. The molecule has 0 saturated heterocycles. The lowest BCUT2D eigenvalue weighted by Gasteiger charge is -2.24. The van der Waals surface area contributed by atoms with E-state index in [-0.39, 0.29) is 11.7 Å². The third-order valence-corrected chi connectivity index (χ3v) is 5.48. The highest BCUT2D eigenvalue weighted by Gasteiger charge is 2.31. The van der Waals surface area contributed by atoms with E-state index in [0.29, 0.717) is 6.54 Å². The maximum Gasteiger partial charge on any atom is 0.433 e. The largest absolute Gasteiger partial charge is 0.442 e. The van der Waals surface area contributed by atoms with E-state index in [4.69, 9.17) is 4.74 Å². The van der Waals surface area contributed by atoms with Gasteiger partial charge in [0, 0.05) is 18.7 Å². The summed E-state index contributed by atoms with van der Waals surface area (Å²) in [5.74, 6) is -0.423. The molecule has 0 aromatic rings. The minimum atomic E-state index is -3.30. The maximum atomic E-state index is 12.3. The van der Waals surface area contributed by atoms with Gasteiger partial charge in [0.15, 0.2) is 9.84 Å². The molecule has 0 saturated carbocycles. The van der Waals surface area contributed by atoms with Crippen molar-refractivity contribution in [3.05, 3.63) is 0 Å². The average Bonchev–Trinajstić information content (AvgIpc) is 2.20. The fourth-order valence-electron chi connectivity index (χ4n) is 1.60. The number of hydrogen-bond donors (Lipinski definition) is 0. The summed E-state index contributed by atoms with van der Waals surface area (Å²) in [6, 6.07) is 0. The second-order valence-corrected chi connectivity index (χ2v) is 10.5. The SMILES string of the molecule is CN(C)CC(C=NC(=O)OC(C)(C)C)CS(=O)(=O)C(C)(C)C. The molecule has 0 N–H and O–H groups in total. The van der Waals surface area contributed by atoms with Crippen LogP contribution in [0.2, 0.25) is 0 Å². The summed E-state index contributed by atoms with van der Waals surface area (Å²) in [7, 11) is 0.395. The van der Waals surface area contributed by atoms with Crippen molar-refractivity contribution in [3.8, 4) is 0 Å². The number of nitrogens with zero attached hydrogens (tertiary/aromatic N) is 2. The summed E-state index contributed by atoms with van der Waals surface area (Å²) in [5, 5.41) is 0. The molecule has 0 aliphatic carbocycles. The van der Waals surface area contributed by atoms with Crippen LogP contribution in [-0.4, -0.2) is 62.4 Å². The lowest BCUT2D eigenvalue weighted by Crippen LogP contribution is -2.37. The molecule has 0 aliphatic rings. The molecule has 0 aromatic carbocycles. The predicted molar refractivity (Wildman–Crippen MR) is 90.3 cm³/mol. The van der Waals surface area contributed by atoms with Crippen LogP contribution in [-0.2, 0) is 14.6 Å². The first-order valence-electron chi connectivity index (χ1n) is 7.28. The van der Waals surface area contributed by atoms with Crippen LogP contribution in [0.15, 0.2) is 4.99 Å². The van der Waals surface area contributed by atoms with E-state index in [9.17, 15) is 13.2 Å². The third-order valence-electron chi connectivity index (χ3n) is 2.75. The van der Waals surface area contributed by atoms with Crippen molar-refractivity contribution in [3.63, 3.8) is 0 Å². The van der Waals surface area contributed by atoms with Crippen molar-refractivity contribution in [2.45, 2.75) is 51.9 Å². The van der Waals surface area contributed by atoms with Crippen LogP contribution >= 0.6 is 0 Å². The fourth-order valence-corrected chi connectivity index (χ4v) is 2.85. The first-order chi connectivity index (χ1) is 9.64. The standard InChI is InChI=1S/C15H30N2O4S/c1-14(2,3)21-13(18)16-9-12(10-17(7)8)11-22(19,20)15(4,5)6/h9,12H,10-11H2,1-8H3. The van der Waals surface area contributed by atoms with E-state index in [1.54, 1.807) is 41.5 Å². The molecule has 7 heteroatoms. The van der Waals surface area contributed by atoms with Crippen molar-refractivity contribution in [2.75, 3.05) is 26.4 Å². The van der Waals surface area contributed by atoms with Crippen molar-refractivity contribution in [1.29, 1.82) is 0 Å². The molecule has 130 valence electrons. The number of sulfone groups is 1. The quantitative estimate of drug-likeness (QED) is 0.722. The molecule has 0 radical (unpaired) electrons. The molecule has 0 heterocycles. The van der Waals surface area contributed by atoms with Crippen LogP contribution < -0.4 is 0 Å². The molecule has 6 nitrogen and oxygen atoms in total. The molecule has 0 bridgehead atoms. The number of hydrogen-bond acceptors (Lipinski definition) is 5. The molecule has 22 heavy (non-hydrogen) atoms. The van der Waals surface area contributed by atoms with Gasteiger partial charge in [-0.05, 0) is 55.6 Å². The van der Waals surface area contributed by atoms with Gasteiger partial charge in [-0.2, -0.15) is 4.99 Å². The Balaban J connectivity index is 5.06. The maximum absolute atomic E-state index is 12.3. The van der Waals surface area contributed by atoms with Crippen LogP contribution in [0, 0.1) is 5.92 Å². The van der Waals surface area contributed by atoms with E-state index in [2.05, 4.69) is 4.99 Å². The Labute approximate surface area is 134 Å². The number of carbonyl (C=O) groups is 1. The Bertz CT molecular complexity index is 497. The van der Waals surface area contributed by atoms with Gasteiger partial charge in [-0.25, -0.2) is 13.2 Å². The van der Waals surface area contributed by atoms with Crippen molar-refractivity contribution >= 4 is 22.1 Å². The van der Waals surface area contributed by atoms with Crippen LogP contribution in [0.3, 0.4) is 0 Å². The second-order valence-electron chi connectivity index (χ2n) is 7.67. The van der Waals surface area contributed by atoms with Gasteiger partial charge in [0.1, 0.15) is 5.60 Å². The molecule has 1 amide bonds. The summed E-state index contributed by atoms with van der Waals surface area (Å²) >= 11 is 0. The monoisotopic (exact) mass is 334 g/mol. The van der Waals surface area contributed by atoms with Gasteiger partial charge >= 0.3 is 6.09 Å². The van der Waals surface area contributed by atoms with Crippen LogP contribution in [0.25, 0.3) is 0 Å². The van der Waals surface area contributed by atoms with Gasteiger partial charge < -0.3 is 9.64 Å². The molecule has 0 fully saturated rings. The molecular weight excluding hydrogens is 304 g/mol. The van der Waals surface area contributed by atoms with E-state index in [1.807, 2.05) is 19.0 Å². The van der Waals surface area contributed by atoms with Gasteiger partial charge in [0.05, 0.1) is 10.5 Å². The summed E-state index contributed by atoms with van der Waals surface area (Å²) in [6.45, 7) is 10.7. The summed E-state index contributed by atoms with van der Waals surface area (Å²) in [6.07, 6.45) is 0.682. The molecule has 1 unspecified atom stereocenters. The zero-order valence-electron chi connectivity index (χ0n) is 15.0. The highest BCUT2D eigenvalue weighted by Crippen LogP contribution is 2.18. The minimum absolute atomic E-state index is 0.0546. The molecule has 0 aromatic heterocycles. The third kappa shape index (κ3) is 8.48. The number of rotatable bonds is 5. The van der Waals surface area contributed by atoms with E-state index in [0.717, 1.165) is 0 Å². The van der Waals surface area contributed by atoms with Gasteiger partial charge in [-0.3, -0.25) is 0 Å². The van der Waals surface area contributed by atoms with Crippen LogP contribution in [0.5, 0.6) is 0 Å². The fraction of sp³-hybridized carbons (Fsp3) is 0.867. The summed E-state index contributed by atoms with van der Waals surface area (Å²) < 4.78 is 28.9. The van der Waals surface area contributed by atoms with Gasteiger partial charge in [0.25, 0.3) is 0 Å². The first-order valence-corrected chi connectivity index (χ1v) is 8.93. The van der Waals surface area contributed by atoms with E-state index >= 15 is 0 Å². The summed E-state index contributed by atoms with van der Waals surface area (Å²) in [5.41, 5.74) is -0.622. The van der Waals surface area contributed by atoms with Crippen LogP contribution in [0.1, 0.15) is 41.5 Å². The Hall–Kier alpha value is -0.950. The number of ether oxygens (including phenoxy) is 1. The van der Waals surface area contributed by atoms with Gasteiger partial charge in [-0.15, -0.1) is 0 Å². The Morgan fingerprint density at radius 1 is 1.18 bits per heavy atom. The Kier molecular flexibility index (Phi) is 7.22. The highest BCUT2D eigenvalue weighted by molar-refractivity contribution is 7.92. The van der Waals surface area contributed by atoms with Gasteiger partial charge in [0.2, 0.25) is 0 Å². The lowest BCUT2D eigenvalue weighted by atomic mass is 10.2. The number of aliphatic imine (C=N–C) groups is 1. The van der Waals surface area contributed by atoms with Gasteiger partial charge in [-0.1, -0.05) is 0 Å². The molecule has 1 atom stereocenters. The molecule has 0 aliphatic heterocycles. The Morgan fingerprint density at radius 2 is 1.68 bits per heavy atom. The van der Waals surface area contributed by atoms with E-state index < -0.39 is 26.3 Å². The minimum Gasteiger partial charge on any atom is -0.442 e. The highest BCUT2D eigenvalue weighted by atomic mass is 32.2. The lowest BCUT2D eigenvalue weighted by molar-refractivity contribution is 0.0604. The normalized spacial score (nSPS) is 15.3. The molecule has 0 rings (SSSR count). The van der Waals surface area contributed by atoms with E-state index in [1.165, 1.54) is 6.21 Å². The summed E-state index contributed by atoms with van der Waals surface area (Å²) in [4.78, 5) is 17.2. The zero-order chi connectivity index (χ0) is 17.8. The first kappa shape index (κ1) is 21.0. The average molecular weight is 334 g/mol. The predicted octanol–water partition coefficient (Wildman–Crippen LogP) is 2.38. The topological polar surface area (TPSA) is 76.0 Å². The zero-order valence-corrected chi connectivity index (χ0v) is 15.8. The van der Waals surface area contributed by atoms with Crippen molar-refractivity contribution < 1.29 is 17.9 Å². The number of amides is 1. The number of carbonyl (C=O) groups excluding carboxylic acids is 1. The van der Waals surface area contributed by atoms with Crippen molar-refractivity contribution in [1.82, 2.24) is 4.90 Å². The molecular formula is C15H30N2O4S. The van der Waals surface area contributed by atoms with Crippen molar-refractivity contribution in [2.24, 2.45) is 10.9 Å². The second kappa shape index (κ2) is 7.55. The van der Waals surface area contributed by atoms with Crippen LogP contribution in [0.4, 0.5) is 4.79 Å². The molecule has 0 spiro atoms.